The van der Waals surface area contributed by atoms with Crippen LogP contribution in [-0.2, 0) is 0 Å². The van der Waals surface area contributed by atoms with E-state index in [9.17, 15) is 0 Å². The summed E-state index contributed by atoms with van der Waals surface area (Å²) in [6.45, 7) is 14.4. The molecule has 0 amide bonds. The van der Waals surface area contributed by atoms with Crippen molar-refractivity contribution >= 4 is 69.8 Å². The maximum absolute atomic E-state index is 5.26. The third kappa shape index (κ3) is 6.32. The Labute approximate surface area is 362 Å². The fourth-order valence-electron chi connectivity index (χ4n) is 9.09. The molecule has 4 aromatic rings. The lowest BCUT2D eigenvalue weighted by Gasteiger charge is -2.34. The fraction of sp³-hybridized carbons (Fsp3) is 0.277. The molecule has 6 heterocycles. The van der Waals surface area contributed by atoms with Crippen LogP contribution < -0.4 is 0 Å². The molecule has 12 rings (SSSR count). The van der Waals surface area contributed by atoms with Crippen LogP contribution in [0.15, 0.2) is 173 Å². The number of nitrogens with zero attached hydrogens (tertiary/aromatic N) is 8. The quantitative estimate of drug-likeness (QED) is 0.149. The average molecular weight is 849 g/mol. The molecule has 8 aliphatic rings. The predicted molar refractivity (Wildman–Crippen MR) is 239 cm³/mol. The second-order valence-corrected chi connectivity index (χ2v) is 21.8. The maximum atomic E-state index is 5.26. The summed E-state index contributed by atoms with van der Waals surface area (Å²) >= 11 is 7.55. The number of fused-ring (bicyclic) bond motifs is 4. The minimum atomic E-state index is -0.556. The van der Waals surface area contributed by atoms with Crippen molar-refractivity contribution in [3.05, 3.63) is 165 Å². The summed E-state index contributed by atoms with van der Waals surface area (Å²) in [6, 6.07) is 29.9. The van der Waals surface area contributed by atoms with Crippen LogP contribution in [0.1, 0.15) is 41.5 Å². The highest BCUT2D eigenvalue weighted by molar-refractivity contribution is 8.21. The molecule has 0 N–H and O–H groups in total. The SMILES string of the molecule is C1=CC2CC3=C1N=[N+](c1ccccc1)[C@@]1(SC4=CC(CC=C4N=[N+]1c1ccccc1)C2)S3.C=C1C[N+]2=Nc3cc(C)cc(C)c3SC23Sc2c(C)cc(C)cc2N=[N+]3C1. The van der Waals surface area contributed by atoms with Gasteiger partial charge in [0.05, 0.1) is 20.3 Å². The van der Waals surface area contributed by atoms with Gasteiger partial charge in [0, 0.05) is 106 Å². The van der Waals surface area contributed by atoms with Crippen molar-refractivity contribution < 1.29 is 18.8 Å². The molecule has 0 aromatic heterocycles. The molecule has 2 spiro atoms. The minimum absolute atomic E-state index is 0.388. The molecule has 2 aliphatic carbocycles. The first kappa shape index (κ1) is 37.4. The Kier molecular flexibility index (Phi) is 9.03. The smallest absolute Gasteiger partial charge is 0.0870 e. The number of benzene rings is 4. The molecule has 59 heavy (non-hydrogen) atoms. The van der Waals surface area contributed by atoms with E-state index in [2.05, 4.69) is 162 Å². The molecule has 12 heteroatoms. The standard InChI is InChI=1S/C26H22N4S2.C21H22N4S2/c1-3-7-20(8-4-1)29-26-30(21-9-5-2-6-10-21)28-23-14-12-19(17-25(23)32-26)15-18-11-13-22(27-29)24(16-18)31-26;1-12-6-15(4)19-17(8-12)22-24-10-14(3)11-25-21(24,26-19)27-20-16(5)7-13(2)9-18(20)23-25/h1-11,13-14,17-19H,12,15-16H2;6-9H,3,10-11H2,1-2,4-5H3/q2*+2/t18?,19?,26-;/m0./s1. The van der Waals surface area contributed by atoms with Gasteiger partial charge in [-0.25, -0.2) is 0 Å². The number of para-hydroxylation sites is 2. The van der Waals surface area contributed by atoms with Crippen LogP contribution in [0.3, 0.4) is 0 Å². The zero-order valence-corrected chi connectivity index (χ0v) is 36.8. The first-order valence-electron chi connectivity index (χ1n) is 20.3. The van der Waals surface area contributed by atoms with Gasteiger partial charge in [0.2, 0.25) is 24.5 Å². The van der Waals surface area contributed by atoms with Gasteiger partial charge in [-0.05, 0) is 109 Å². The van der Waals surface area contributed by atoms with Crippen LogP contribution in [0.2, 0.25) is 0 Å². The lowest BCUT2D eigenvalue weighted by atomic mass is 9.85. The average Bonchev–Trinajstić information content (AvgIpc) is 3.22. The van der Waals surface area contributed by atoms with Gasteiger partial charge in [0.15, 0.2) is 0 Å². The normalized spacial score (nSPS) is 25.1. The number of hydrogen-bond acceptors (Lipinski definition) is 8. The van der Waals surface area contributed by atoms with Crippen molar-refractivity contribution in [3.63, 3.8) is 0 Å². The number of thioether (sulfide) groups is 4. The number of aryl methyl sites for hydroxylation is 4. The van der Waals surface area contributed by atoms with E-state index in [0.717, 1.165) is 65.6 Å². The Morgan fingerprint density at radius 2 is 1.25 bits per heavy atom. The summed E-state index contributed by atoms with van der Waals surface area (Å²) in [7, 11) is 0. The van der Waals surface area contributed by atoms with Crippen LogP contribution >= 0.6 is 47.0 Å². The Morgan fingerprint density at radius 3 is 1.86 bits per heavy atom. The largest absolute Gasteiger partial charge is 0.516 e. The second kappa shape index (κ2) is 14.2. The van der Waals surface area contributed by atoms with Crippen LogP contribution in [0.25, 0.3) is 0 Å². The van der Waals surface area contributed by atoms with Gasteiger partial charge in [-0.3, -0.25) is 0 Å². The van der Waals surface area contributed by atoms with E-state index in [1.165, 1.54) is 48.3 Å². The third-order valence-corrected chi connectivity index (χ3v) is 18.0. The summed E-state index contributed by atoms with van der Waals surface area (Å²) < 4.78 is 7.80. The Balaban J connectivity index is 0.000000137. The molecule has 6 aliphatic heterocycles. The van der Waals surface area contributed by atoms with Crippen LogP contribution in [-0.4, -0.2) is 40.5 Å². The van der Waals surface area contributed by atoms with Crippen molar-refractivity contribution in [1.29, 1.82) is 0 Å². The van der Waals surface area contributed by atoms with E-state index in [0.29, 0.717) is 11.8 Å². The maximum Gasteiger partial charge on any atom is 0.516 e. The Morgan fingerprint density at radius 1 is 0.661 bits per heavy atom. The van der Waals surface area contributed by atoms with Crippen LogP contribution in [0.4, 0.5) is 22.7 Å². The first-order valence-corrected chi connectivity index (χ1v) is 23.5. The van der Waals surface area contributed by atoms with Crippen molar-refractivity contribution in [2.45, 2.75) is 65.4 Å². The molecule has 3 atom stereocenters. The summed E-state index contributed by atoms with van der Waals surface area (Å²) in [5.41, 5.74) is 12.7. The van der Waals surface area contributed by atoms with Gasteiger partial charge in [0.1, 0.15) is 22.8 Å². The molecule has 0 saturated carbocycles. The molecular formula is C47H44N8S4+4. The molecular weight excluding hydrogens is 805 g/mol. The predicted octanol–water partition coefficient (Wildman–Crippen LogP) is 13.9. The summed E-state index contributed by atoms with van der Waals surface area (Å²) in [4.78, 5) is 5.17. The van der Waals surface area contributed by atoms with E-state index in [1.54, 1.807) is 0 Å². The third-order valence-electron chi connectivity index (χ3n) is 11.7. The van der Waals surface area contributed by atoms with Crippen LogP contribution in [0, 0.1) is 39.5 Å². The Bertz CT molecular complexity index is 2690. The highest BCUT2D eigenvalue weighted by Crippen LogP contribution is 2.62. The van der Waals surface area contributed by atoms with E-state index in [4.69, 9.17) is 20.5 Å². The topological polar surface area (TPSA) is 61.5 Å². The highest BCUT2D eigenvalue weighted by Gasteiger charge is 2.68. The zero-order valence-electron chi connectivity index (χ0n) is 33.5. The van der Waals surface area contributed by atoms with E-state index in [1.807, 2.05) is 47.0 Å². The fourth-order valence-corrected chi connectivity index (χ4v) is 15.3. The van der Waals surface area contributed by atoms with Gasteiger partial charge in [-0.1, -0.05) is 73.3 Å². The lowest BCUT2D eigenvalue weighted by Crippen LogP contribution is -2.52. The summed E-state index contributed by atoms with van der Waals surface area (Å²) in [6.07, 6.45) is 12.8. The number of allylic oxidation sites excluding steroid dienone is 5. The van der Waals surface area contributed by atoms with Crippen molar-refractivity contribution in [1.82, 2.24) is 0 Å². The summed E-state index contributed by atoms with van der Waals surface area (Å²) in [5.74, 6) is 1.14. The van der Waals surface area contributed by atoms with E-state index >= 15 is 0 Å². The number of azo groups is 8. The van der Waals surface area contributed by atoms with Crippen molar-refractivity contribution in [2.24, 2.45) is 32.3 Å². The monoisotopic (exact) mass is 848 g/mol. The molecule has 2 unspecified atom stereocenters. The molecule has 0 radical (unpaired) electrons. The summed E-state index contributed by atoms with van der Waals surface area (Å²) in [5, 5.41) is 20.6. The molecule has 4 aromatic carbocycles. The Hall–Kier alpha value is -4.62. The van der Waals surface area contributed by atoms with Gasteiger partial charge in [0.25, 0.3) is 0 Å². The van der Waals surface area contributed by atoms with E-state index in [-0.39, 0.29) is 4.33 Å². The van der Waals surface area contributed by atoms with Gasteiger partial charge < -0.3 is 0 Å². The van der Waals surface area contributed by atoms with Gasteiger partial charge >= 0.3 is 8.65 Å². The molecule has 1 saturated heterocycles. The van der Waals surface area contributed by atoms with E-state index < -0.39 is 4.33 Å². The zero-order chi connectivity index (χ0) is 40.0. The molecule has 8 nitrogen and oxygen atoms in total. The molecule has 5 bridgehead atoms. The van der Waals surface area contributed by atoms with Crippen LogP contribution in [0.5, 0.6) is 0 Å². The van der Waals surface area contributed by atoms with Crippen molar-refractivity contribution in [2.75, 3.05) is 13.1 Å². The first-order chi connectivity index (χ1) is 28.6. The van der Waals surface area contributed by atoms with Gasteiger partial charge in [-0.2, -0.15) is 0 Å². The molecule has 292 valence electrons. The highest BCUT2D eigenvalue weighted by atomic mass is 32.2. The number of hydrogen-bond donors (Lipinski definition) is 0. The number of rotatable bonds is 2. The minimum Gasteiger partial charge on any atom is -0.0870 e. The molecule has 1 fully saturated rings. The van der Waals surface area contributed by atoms with Crippen molar-refractivity contribution in [3.8, 4) is 0 Å². The second-order valence-electron chi connectivity index (χ2n) is 16.4. The lowest BCUT2D eigenvalue weighted by molar-refractivity contribution is -0.830. The van der Waals surface area contributed by atoms with Gasteiger partial charge in [-0.15, -0.1) is 0 Å².